The maximum absolute atomic E-state index is 11.8. The number of nitrogens with one attached hydrogen (secondary N) is 1. The molecule has 1 fully saturated rings. The third-order valence-corrected chi connectivity index (χ3v) is 3.37. The van der Waals surface area contributed by atoms with Gasteiger partial charge in [-0.1, -0.05) is 26.2 Å². The van der Waals surface area contributed by atoms with Crippen LogP contribution >= 0.6 is 0 Å². The molecule has 0 aromatic rings. The zero-order valence-electron chi connectivity index (χ0n) is 11.4. The second-order valence-corrected chi connectivity index (χ2v) is 4.78. The highest BCUT2D eigenvalue weighted by Crippen LogP contribution is 2.17. The van der Waals surface area contributed by atoms with E-state index in [2.05, 4.69) is 10.1 Å². The molecule has 0 spiro atoms. The van der Waals surface area contributed by atoms with Gasteiger partial charge in [-0.2, -0.15) is 0 Å². The summed E-state index contributed by atoms with van der Waals surface area (Å²) in [5, 5.41) is 3.04. The van der Waals surface area contributed by atoms with Gasteiger partial charge in [0, 0.05) is 6.04 Å². The second kappa shape index (κ2) is 8.08. The smallest absolute Gasteiger partial charge is 0.319 e. The molecule has 104 valence electrons. The fourth-order valence-electron chi connectivity index (χ4n) is 2.25. The van der Waals surface area contributed by atoms with Gasteiger partial charge < -0.3 is 10.1 Å². The van der Waals surface area contributed by atoms with Gasteiger partial charge in [0.2, 0.25) is 5.91 Å². The van der Waals surface area contributed by atoms with Crippen molar-refractivity contribution in [2.75, 3.05) is 26.7 Å². The highest BCUT2D eigenvalue weighted by molar-refractivity contribution is 5.79. The Morgan fingerprint density at radius 3 is 2.44 bits per heavy atom. The predicted octanol–water partition coefficient (Wildman–Crippen LogP) is 0.930. The molecular weight excluding hydrogens is 232 g/mol. The van der Waals surface area contributed by atoms with Gasteiger partial charge in [-0.3, -0.25) is 14.5 Å². The van der Waals surface area contributed by atoms with Gasteiger partial charge >= 0.3 is 5.97 Å². The number of carbonyl (C=O) groups excluding carboxylic acids is 2. The average Bonchev–Trinajstić information content (AvgIpc) is 2.38. The van der Waals surface area contributed by atoms with Gasteiger partial charge in [-0.05, 0) is 19.4 Å². The Kier molecular flexibility index (Phi) is 6.72. The minimum Gasteiger partial charge on any atom is -0.468 e. The Bertz CT molecular complexity index is 275. The lowest BCUT2D eigenvalue weighted by molar-refractivity contribution is -0.142. The van der Waals surface area contributed by atoms with Crippen LogP contribution in [0.4, 0.5) is 0 Å². The summed E-state index contributed by atoms with van der Waals surface area (Å²) in [5.74, 6) is -0.296. The van der Waals surface area contributed by atoms with E-state index in [1.807, 2.05) is 6.92 Å². The molecule has 0 bridgehead atoms. The molecule has 5 nitrogen and oxygen atoms in total. The van der Waals surface area contributed by atoms with Gasteiger partial charge in [0.25, 0.3) is 0 Å². The monoisotopic (exact) mass is 256 g/mol. The Hall–Kier alpha value is -1.10. The molecule has 0 saturated heterocycles. The highest BCUT2D eigenvalue weighted by atomic mass is 16.5. The van der Waals surface area contributed by atoms with Crippen molar-refractivity contribution in [2.24, 2.45) is 0 Å². The van der Waals surface area contributed by atoms with Crippen molar-refractivity contribution >= 4 is 11.9 Å². The number of carbonyl (C=O) groups is 2. The predicted molar refractivity (Wildman–Crippen MR) is 69.1 cm³/mol. The molecule has 1 N–H and O–H groups in total. The van der Waals surface area contributed by atoms with E-state index in [0.717, 1.165) is 12.8 Å². The maximum Gasteiger partial charge on any atom is 0.319 e. The van der Waals surface area contributed by atoms with Crippen LogP contribution in [-0.4, -0.2) is 49.6 Å². The molecule has 18 heavy (non-hydrogen) atoms. The molecule has 0 aromatic carbocycles. The number of amides is 1. The van der Waals surface area contributed by atoms with E-state index >= 15 is 0 Å². The summed E-state index contributed by atoms with van der Waals surface area (Å²) in [6.45, 7) is 3.03. The lowest BCUT2D eigenvalue weighted by atomic mass is 9.95. The molecule has 0 unspecified atom stereocenters. The van der Waals surface area contributed by atoms with Crippen molar-refractivity contribution in [3.05, 3.63) is 0 Å². The van der Waals surface area contributed by atoms with E-state index in [4.69, 9.17) is 0 Å². The largest absolute Gasteiger partial charge is 0.468 e. The third kappa shape index (κ3) is 5.49. The van der Waals surface area contributed by atoms with Crippen LogP contribution in [0.15, 0.2) is 0 Å². The normalized spacial score (nSPS) is 16.6. The van der Waals surface area contributed by atoms with Crippen LogP contribution in [0.1, 0.15) is 39.0 Å². The zero-order chi connectivity index (χ0) is 13.4. The first-order chi connectivity index (χ1) is 8.65. The van der Waals surface area contributed by atoms with E-state index in [1.165, 1.54) is 26.4 Å². The molecule has 0 radical (unpaired) electrons. The summed E-state index contributed by atoms with van der Waals surface area (Å²) in [6.07, 6.45) is 5.83. The second-order valence-electron chi connectivity index (χ2n) is 4.78. The molecule has 0 heterocycles. The standard InChI is InChI=1S/C13H24N2O3/c1-3-15(10-13(17)18-2)9-12(16)14-11-7-5-4-6-8-11/h11H,3-10H2,1-2H3,(H,14,16). The van der Waals surface area contributed by atoms with Crippen molar-refractivity contribution in [1.29, 1.82) is 0 Å². The Morgan fingerprint density at radius 2 is 1.89 bits per heavy atom. The average molecular weight is 256 g/mol. The minimum atomic E-state index is -0.303. The van der Waals surface area contributed by atoms with Gasteiger partial charge in [0.1, 0.15) is 0 Å². The number of hydrogen-bond donors (Lipinski definition) is 1. The van der Waals surface area contributed by atoms with Crippen LogP contribution in [0.25, 0.3) is 0 Å². The molecule has 1 rings (SSSR count). The number of rotatable bonds is 6. The Morgan fingerprint density at radius 1 is 1.22 bits per heavy atom. The van der Waals surface area contributed by atoms with Crippen LogP contribution in [0.3, 0.4) is 0 Å². The van der Waals surface area contributed by atoms with E-state index in [0.29, 0.717) is 12.6 Å². The molecule has 1 aliphatic rings. The van der Waals surface area contributed by atoms with Crippen molar-refractivity contribution in [3.63, 3.8) is 0 Å². The van der Waals surface area contributed by atoms with Crippen molar-refractivity contribution in [3.8, 4) is 0 Å². The van der Waals surface area contributed by atoms with Crippen molar-refractivity contribution < 1.29 is 14.3 Å². The summed E-state index contributed by atoms with van der Waals surface area (Å²) < 4.78 is 4.60. The SMILES string of the molecule is CCN(CC(=O)NC1CCCCC1)CC(=O)OC. The topological polar surface area (TPSA) is 58.6 Å². The third-order valence-electron chi connectivity index (χ3n) is 3.37. The van der Waals surface area contributed by atoms with Crippen LogP contribution in [0, 0.1) is 0 Å². The summed E-state index contributed by atoms with van der Waals surface area (Å²) in [5.41, 5.74) is 0. The van der Waals surface area contributed by atoms with Gasteiger partial charge in [-0.25, -0.2) is 0 Å². The fourth-order valence-corrected chi connectivity index (χ4v) is 2.25. The number of esters is 1. The molecule has 1 amide bonds. The molecule has 0 atom stereocenters. The fraction of sp³-hybridized carbons (Fsp3) is 0.846. The van der Waals surface area contributed by atoms with Crippen LogP contribution in [0.5, 0.6) is 0 Å². The number of methoxy groups -OCH3 is 1. The maximum atomic E-state index is 11.8. The number of ether oxygens (including phenoxy) is 1. The molecular formula is C13H24N2O3. The summed E-state index contributed by atoms with van der Waals surface area (Å²) >= 11 is 0. The molecule has 5 heteroatoms. The minimum absolute atomic E-state index is 0.00709. The summed E-state index contributed by atoms with van der Waals surface area (Å²) in [4.78, 5) is 24.8. The quantitative estimate of drug-likeness (QED) is 0.718. The highest BCUT2D eigenvalue weighted by Gasteiger charge is 2.18. The van der Waals surface area contributed by atoms with Crippen molar-refractivity contribution in [2.45, 2.75) is 45.1 Å². The van der Waals surface area contributed by atoms with E-state index in [1.54, 1.807) is 4.90 Å². The van der Waals surface area contributed by atoms with Crippen LogP contribution < -0.4 is 5.32 Å². The lowest BCUT2D eigenvalue weighted by Gasteiger charge is -2.25. The number of nitrogens with zero attached hydrogens (tertiary/aromatic N) is 1. The summed E-state index contributed by atoms with van der Waals surface area (Å²) in [6, 6.07) is 0.322. The first-order valence-electron chi connectivity index (χ1n) is 6.74. The summed E-state index contributed by atoms with van der Waals surface area (Å²) in [7, 11) is 1.36. The number of hydrogen-bond acceptors (Lipinski definition) is 4. The van der Waals surface area contributed by atoms with E-state index in [9.17, 15) is 9.59 Å². The Labute approximate surface area is 109 Å². The first-order valence-corrected chi connectivity index (χ1v) is 6.74. The van der Waals surface area contributed by atoms with Gasteiger partial charge in [0.15, 0.2) is 0 Å². The van der Waals surface area contributed by atoms with Gasteiger partial charge in [-0.15, -0.1) is 0 Å². The lowest BCUT2D eigenvalue weighted by Crippen LogP contribution is -2.44. The molecule has 0 aliphatic heterocycles. The molecule has 1 saturated carbocycles. The molecule has 0 aromatic heterocycles. The Balaban J connectivity index is 2.29. The van der Waals surface area contributed by atoms with Gasteiger partial charge in [0.05, 0.1) is 20.2 Å². The van der Waals surface area contributed by atoms with E-state index < -0.39 is 0 Å². The first kappa shape index (κ1) is 15.0. The van der Waals surface area contributed by atoms with Crippen LogP contribution in [0.2, 0.25) is 0 Å². The van der Waals surface area contributed by atoms with Crippen molar-refractivity contribution in [1.82, 2.24) is 10.2 Å². The number of likely N-dealkylation sites (N-methyl/N-ethyl adjacent to an activating group) is 1. The van der Waals surface area contributed by atoms with Crippen LogP contribution in [-0.2, 0) is 14.3 Å². The van der Waals surface area contributed by atoms with E-state index in [-0.39, 0.29) is 25.0 Å². The molecule has 1 aliphatic carbocycles. The zero-order valence-corrected chi connectivity index (χ0v) is 11.4.